The van der Waals surface area contributed by atoms with Crippen molar-refractivity contribution in [2.24, 2.45) is 0 Å². The summed E-state index contributed by atoms with van der Waals surface area (Å²) >= 11 is 0. The molecule has 1 aliphatic heterocycles. The van der Waals surface area contributed by atoms with Crippen LogP contribution in [-0.2, 0) is 19.5 Å². The first-order chi connectivity index (χ1) is 13.6. The van der Waals surface area contributed by atoms with Crippen LogP contribution in [0, 0.1) is 13.8 Å². The molecule has 3 heterocycles. The van der Waals surface area contributed by atoms with Gasteiger partial charge in [-0.25, -0.2) is 9.97 Å². The number of aromatic hydroxyl groups is 1. The van der Waals surface area contributed by atoms with Gasteiger partial charge in [0.25, 0.3) is 0 Å². The topological polar surface area (TPSA) is 54.2 Å². The van der Waals surface area contributed by atoms with Crippen LogP contribution in [0.3, 0.4) is 0 Å². The number of hydrogen-bond acceptors (Lipinski definition) is 4. The van der Waals surface area contributed by atoms with Crippen LogP contribution >= 0.6 is 0 Å². The van der Waals surface area contributed by atoms with Crippen molar-refractivity contribution in [2.45, 2.75) is 52.1 Å². The van der Waals surface area contributed by atoms with Crippen molar-refractivity contribution in [3.63, 3.8) is 0 Å². The molecular weight excluding hydrogens is 348 g/mol. The van der Waals surface area contributed by atoms with Crippen LogP contribution in [0.5, 0.6) is 5.75 Å². The van der Waals surface area contributed by atoms with Crippen LogP contribution in [0.2, 0.25) is 0 Å². The molecule has 144 valence electrons. The number of aromatic nitrogens is 3. The Morgan fingerprint density at radius 2 is 2.04 bits per heavy atom. The Morgan fingerprint density at radius 1 is 1.18 bits per heavy atom. The molecule has 0 radical (unpaired) electrons. The average Bonchev–Trinajstić information content (AvgIpc) is 3.48. The highest BCUT2D eigenvalue weighted by molar-refractivity contribution is 5.44. The molecule has 0 atom stereocenters. The van der Waals surface area contributed by atoms with E-state index in [4.69, 9.17) is 4.98 Å². The van der Waals surface area contributed by atoms with E-state index in [2.05, 4.69) is 40.6 Å². The number of phenolic OH excluding ortho intramolecular Hbond substituents is 1. The molecule has 5 rings (SSSR count). The molecule has 0 amide bonds. The molecule has 5 heteroatoms. The van der Waals surface area contributed by atoms with E-state index >= 15 is 0 Å². The number of fused-ring (bicyclic) bond motifs is 1. The second-order valence-electron chi connectivity index (χ2n) is 8.19. The summed E-state index contributed by atoms with van der Waals surface area (Å²) in [7, 11) is 0. The van der Waals surface area contributed by atoms with Gasteiger partial charge in [0.05, 0.1) is 0 Å². The van der Waals surface area contributed by atoms with E-state index in [1.54, 1.807) is 6.07 Å². The van der Waals surface area contributed by atoms with Gasteiger partial charge in [0.15, 0.2) is 0 Å². The van der Waals surface area contributed by atoms with Crippen LogP contribution in [0.1, 0.15) is 52.8 Å². The lowest BCUT2D eigenvalue weighted by atomic mass is 10.1. The van der Waals surface area contributed by atoms with E-state index in [1.165, 1.54) is 41.1 Å². The second-order valence-corrected chi connectivity index (χ2v) is 8.19. The predicted octanol–water partition coefficient (Wildman–Crippen LogP) is 4.03. The van der Waals surface area contributed by atoms with Crippen molar-refractivity contribution in [3.05, 3.63) is 70.6 Å². The van der Waals surface area contributed by atoms with Gasteiger partial charge in [0.2, 0.25) is 0 Å². The minimum atomic E-state index is 0.296. The SMILES string of the molecule is Cc1cc(CN2CCc3nc(C4CC4)ncc3C2)c(C)n1-c1cccc(O)c1. The number of aryl methyl sites for hydroxylation is 1. The molecule has 1 aliphatic carbocycles. The van der Waals surface area contributed by atoms with Crippen molar-refractivity contribution in [3.8, 4) is 11.4 Å². The maximum atomic E-state index is 9.84. The molecule has 0 saturated heterocycles. The van der Waals surface area contributed by atoms with Gasteiger partial charge in [0, 0.05) is 72.6 Å². The highest BCUT2D eigenvalue weighted by Crippen LogP contribution is 2.38. The van der Waals surface area contributed by atoms with E-state index in [-0.39, 0.29) is 0 Å². The fourth-order valence-electron chi connectivity index (χ4n) is 4.32. The molecule has 1 aromatic carbocycles. The van der Waals surface area contributed by atoms with Gasteiger partial charge in [-0.1, -0.05) is 6.07 Å². The third kappa shape index (κ3) is 3.20. The average molecular weight is 374 g/mol. The quantitative estimate of drug-likeness (QED) is 0.749. The van der Waals surface area contributed by atoms with Gasteiger partial charge in [0.1, 0.15) is 11.6 Å². The predicted molar refractivity (Wildman–Crippen MR) is 109 cm³/mol. The smallest absolute Gasteiger partial charge is 0.131 e. The Morgan fingerprint density at radius 3 is 2.82 bits per heavy atom. The highest BCUT2D eigenvalue weighted by atomic mass is 16.3. The number of hydrogen-bond donors (Lipinski definition) is 1. The molecule has 0 spiro atoms. The lowest BCUT2D eigenvalue weighted by Gasteiger charge is -2.28. The third-order valence-corrected chi connectivity index (χ3v) is 5.99. The van der Waals surface area contributed by atoms with Crippen LogP contribution in [-0.4, -0.2) is 31.1 Å². The van der Waals surface area contributed by atoms with Crippen molar-refractivity contribution >= 4 is 0 Å². The van der Waals surface area contributed by atoms with Crippen LogP contribution in [0.15, 0.2) is 36.5 Å². The van der Waals surface area contributed by atoms with Gasteiger partial charge in [-0.05, 0) is 50.5 Å². The van der Waals surface area contributed by atoms with E-state index in [9.17, 15) is 5.11 Å². The largest absolute Gasteiger partial charge is 0.508 e. The monoisotopic (exact) mass is 374 g/mol. The van der Waals surface area contributed by atoms with Gasteiger partial charge >= 0.3 is 0 Å². The number of phenols is 1. The molecule has 5 nitrogen and oxygen atoms in total. The van der Waals surface area contributed by atoms with Crippen molar-refractivity contribution in [1.29, 1.82) is 0 Å². The van der Waals surface area contributed by atoms with Crippen molar-refractivity contribution in [1.82, 2.24) is 19.4 Å². The van der Waals surface area contributed by atoms with E-state index < -0.39 is 0 Å². The minimum absolute atomic E-state index is 0.296. The Kier molecular flexibility index (Phi) is 4.20. The Labute approximate surface area is 165 Å². The molecular formula is C23H26N4O. The fourth-order valence-corrected chi connectivity index (χ4v) is 4.32. The molecule has 0 bridgehead atoms. The fraction of sp³-hybridized carbons (Fsp3) is 0.391. The lowest BCUT2D eigenvalue weighted by Crippen LogP contribution is -2.31. The summed E-state index contributed by atoms with van der Waals surface area (Å²) in [6, 6.07) is 9.72. The van der Waals surface area contributed by atoms with Gasteiger partial charge in [-0.2, -0.15) is 0 Å². The summed E-state index contributed by atoms with van der Waals surface area (Å²) in [5.41, 5.74) is 7.28. The summed E-state index contributed by atoms with van der Waals surface area (Å²) < 4.78 is 2.22. The van der Waals surface area contributed by atoms with Crippen molar-refractivity contribution in [2.75, 3.05) is 6.54 Å². The van der Waals surface area contributed by atoms with Crippen molar-refractivity contribution < 1.29 is 5.11 Å². The maximum absolute atomic E-state index is 9.84. The molecule has 2 aromatic heterocycles. The van der Waals surface area contributed by atoms with Gasteiger partial charge in [-0.3, -0.25) is 4.90 Å². The van der Waals surface area contributed by atoms with E-state index in [1.807, 2.05) is 18.2 Å². The molecule has 1 N–H and O–H groups in total. The molecule has 3 aromatic rings. The normalized spacial score (nSPS) is 16.9. The zero-order valence-electron chi connectivity index (χ0n) is 16.5. The van der Waals surface area contributed by atoms with Crippen LogP contribution < -0.4 is 0 Å². The Bertz CT molecular complexity index is 1040. The lowest BCUT2D eigenvalue weighted by molar-refractivity contribution is 0.242. The molecule has 0 unspecified atom stereocenters. The molecule has 1 fully saturated rings. The Hall–Kier alpha value is -2.66. The molecule has 1 saturated carbocycles. The molecule has 2 aliphatic rings. The first-order valence-electron chi connectivity index (χ1n) is 10.1. The summed E-state index contributed by atoms with van der Waals surface area (Å²) in [5, 5.41) is 9.84. The summed E-state index contributed by atoms with van der Waals surface area (Å²) in [6.07, 6.45) is 5.56. The van der Waals surface area contributed by atoms with Gasteiger partial charge < -0.3 is 9.67 Å². The minimum Gasteiger partial charge on any atom is -0.508 e. The number of benzene rings is 1. The zero-order valence-corrected chi connectivity index (χ0v) is 16.5. The summed E-state index contributed by atoms with van der Waals surface area (Å²) in [5.74, 6) is 1.97. The Balaban J connectivity index is 1.36. The standard InChI is InChI=1S/C23H26N4O/c1-15-10-18(16(2)27(15)20-4-3-5-21(28)11-20)13-26-9-8-22-19(14-26)12-24-23(25-22)17-6-7-17/h3-5,10-12,17,28H,6-9,13-14H2,1-2H3. The first-order valence-corrected chi connectivity index (χ1v) is 10.1. The van der Waals surface area contributed by atoms with Crippen LogP contribution in [0.4, 0.5) is 0 Å². The summed E-state index contributed by atoms with van der Waals surface area (Å²) in [4.78, 5) is 11.9. The van der Waals surface area contributed by atoms with Crippen LogP contribution in [0.25, 0.3) is 5.69 Å². The number of rotatable bonds is 4. The second kappa shape index (κ2) is 6.74. The first kappa shape index (κ1) is 17.4. The number of nitrogens with zero attached hydrogens (tertiary/aromatic N) is 4. The van der Waals surface area contributed by atoms with E-state index in [0.29, 0.717) is 11.7 Å². The molecule has 28 heavy (non-hydrogen) atoms. The maximum Gasteiger partial charge on any atom is 0.131 e. The van der Waals surface area contributed by atoms with E-state index in [0.717, 1.165) is 37.6 Å². The zero-order chi connectivity index (χ0) is 19.3. The third-order valence-electron chi connectivity index (χ3n) is 5.99. The highest BCUT2D eigenvalue weighted by Gasteiger charge is 2.28. The summed E-state index contributed by atoms with van der Waals surface area (Å²) in [6.45, 7) is 7.15. The van der Waals surface area contributed by atoms with Gasteiger partial charge in [-0.15, -0.1) is 0 Å².